The van der Waals surface area contributed by atoms with E-state index in [0.717, 1.165) is 0 Å². The Balaban J connectivity index is 2.87. The fourth-order valence-electron chi connectivity index (χ4n) is 1.29. The van der Waals surface area contributed by atoms with Crippen molar-refractivity contribution < 1.29 is 4.79 Å². The molecule has 0 fully saturated rings. The third-order valence-electron chi connectivity index (χ3n) is 2.47. The van der Waals surface area contributed by atoms with Gasteiger partial charge in [-0.15, -0.1) is 0 Å². The van der Waals surface area contributed by atoms with Gasteiger partial charge in [-0.05, 0) is 19.1 Å². The second kappa shape index (κ2) is 5.53. The van der Waals surface area contributed by atoms with Gasteiger partial charge in [0.25, 0.3) is 5.91 Å². The Labute approximate surface area is 100 Å². The molecule has 4 heteroatoms. The number of hydrogen-bond donors (Lipinski definition) is 0. The van der Waals surface area contributed by atoms with Crippen LogP contribution in [-0.4, -0.2) is 23.9 Å². The molecule has 0 N–H and O–H groups in total. The first-order chi connectivity index (χ1) is 7.57. The Hall–Kier alpha value is -1.53. The van der Waals surface area contributed by atoms with Crippen LogP contribution in [0.15, 0.2) is 24.3 Å². The Morgan fingerprint density at radius 3 is 2.75 bits per heavy atom. The third kappa shape index (κ3) is 2.74. The summed E-state index contributed by atoms with van der Waals surface area (Å²) in [5.74, 6) is -0.159. The van der Waals surface area contributed by atoms with E-state index in [0.29, 0.717) is 17.0 Å². The highest BCUT2D eigenvalue weighted by atomic mass is 35.5. The first-order valence-corrected chi connectivity index (χ1v) is 5.34. The number of amides is 1. The molecule has 1 amide bonds. The molecule has 84 valence electrons. The minimum Gasteiger partial charge on any atom is -0.338 e. The molecule has 0 aliphatic rings. The number of carbonyl (C=O) groups is 1. The topological polar surface area (TPSA) is 44.1 Å². The molecule has 1 rings (SSSR count). The smallest absolute Gasteiger partial charge is 0.255 e. The zero-order chi connectivity index (χ0) is 12.1. The molecule has 0 heterocycles. The minimum absolute atomic E-state index is 0.117. The van der Waals surface area contributed by atoms with Gasteiger partial charge in [-0.25, -0.2) is 0 Å². The van der Waals surface area contributed by atoms with Crippen molar-refractivity contribution in [3.8, 4) is 6.07 Å². The van der Waals surface area contributed by atoms with Crippen molar-refractivity contribution in [2.75, 3.05) is 7.05 Å². The van der Waals surface area contributed by atoms with Crippen molar-refractivity contribution in [3.63, 3.8) is 0 Å². The van der Waals surface area contributed by atoms with Crippen molar-refractivity contribution >= 4 is 17.5 Å². The van der Waals surface area contributed by atoms with Gasteiger partial charge in [-0.1, -0.05) is 23.7 Å². The predicted octanol–water partition coefficient (Wildman–Crippen LogP) is 2.71. The molecule has 16 heavy (non-hydrogen) atoms. The van der Waals surface area contributed by atoms with Crippen LogP contribution in [0.1, 0.15) is 23.7 Å². The van der Waals surface area contributed by atoms with Crippen LogP contribution in [0.4, 0.5) is 0 Å². The van der Waals surface area contributed by atoms with Crippen molar-refractivity contribution in [2.24, 2.45) is 0 Å². The van der Waals surface area contributed by atoms with Crippen LogP contribution in [0.5, 0.6) is 0 Å². The minimum atomic E-state index is -0.159. The van der Waals surface area contributed by atoms with Crippen LogP contribution >= 0.6 is 11.6 Å². The molecule has 3 nitrogen and oxygen atoms in total. The fourth-order valence-corrected chi connectivity index (χ4v) is 1.51. The van der Waals surface area contributed by atoms with Crippen LogP contribution in [0.2, 0.25) is 5.02 Å². The highest BCUT2D eigenvalue weighted by Crippen LogP contribution is 2.17. The molecular formula is C12H13ClN2O. The largest absolute Gasteiger partial charge is 0.338 e. The highest BCUT2D eigenvalue weighted by molar-refractivity contribution is 6.33. The van der Waals surface area contributed by atoms with Crippen LogP contribution in [0.25, 0.3) is 0 Å². The lowest BCUT2D eigenvalue weighted by Gasteiger charge is -2.23. The number of hydrogen-bond acceptors (Lipinski definition) is 2. The summed E-state index contributed by atoms with van der Waals surface area (Å²) in [6, 6.07) is 8.83. The number of rotatable bonds is 3. The average molecular weight is 237 g/mol. The van der Waals surface area contributed by atoms with Gasteiger partial charge in [0.1, 0.15) is 0 Å². The number of nitriles is 1. The van der Waals surface area contributed by atoms with Gasteiger partial charge in [0.05, 0.1) is 23.1 Å². The number of nitrogens with zero attached hydrogens (tertiary/aromatic N) is 2. The van der Waals surface area contributed by atoms with Gasteiger partial charge >= 0.3 is 0 Å². The molecule has 0 aliphatic carbocycles. The van der Waals surface area contributed by atoms with Gasteiger partial charge < -0.3 is 4.90 Å². The summed E-state index contributed by atoms with van der Waals surface area (Å²) in [7, 11) is 1.67. The van der Waals surface area contributed by atoms with Crippen molar-refractivity contribution in [1.29, 1.82) is 5.26 Å². The van der Waals surface area contributed by atoms with Crippen molar-refractivity contribution in [2.45, 2.75) is 19.4 Å². The molecule has 0 radical (unpaired) electrons. The summed E-state index contributed by atoms with van der Waals surface area (Å²) >= 11 is 5.93. The van der Waals surface area contributed by atoms with Crippen LogP contribution in [0, 0.1) is 11.3 Å². The summed E-state index contributed by atoms with van der Waals surface area (Å²) in [6.45, 7) is 1.83. The quantitative estimate of drug-likeness (QED) is 0.810. The molecule has 0 saturated carbocycles. The average Bonchev–Trinajstić information content (AvgIpc) is 2.28. The Bertz CT molecular complexity index is 425. The van der Waals surface area contributed by atoms with E-state index in [-0.39, 0.29) is 11.9 Å². The molecule has 1 unspecified atom stereocenters. The normalized spacial score (nSPS) is 11.6. The molecule has 0 saturated heterocycles. The summed E-state index contributed by atoms with van der Waals surface area (Å²) in [5, 5.41) is 9.01. The lowest BCUT2D eigenvalue weighted by atomic mass is 10.1. The van der Waals surface area contributed by atoms with E-state index in [1.165, 1.54) is 4.90 Å². The van der Waals surface area contributed by atoms with Gasteiger partial charge in [-0.3, -0.25) is 4.79 Å². The van der Waals surface area contributed by atoms with E-state index in [4.69, 9.17) is 16.9 Å². The van der Waals surface area contributed by atoms with Crippen LogP contribution in [-0.2, 0) is 0 Å². The van der Waals surface area contributed by atoms with Gasteiger partial charge in [-0.2, -0.15) is 5.26 Å². The first kappa shape index (κ1) is 12.5. The molecule has 0 aromatic heterocycles. The predicted molar refractivity (Wildman–Crippen MR) is 63.2 cm³/mol. The first-order valence-electron chi connectivity index (χ1n) is 4.96. The standard InChI is InChI=1S/C12H13ClN2O/c1-9(7-8-14)15(2)12(16)10-5-3-4-6-11(10)13/h3-6,9H,7H2,1-2H3. The third-order valence-corrected chi connectivity index (χ3v) is 2.80. The summed E-state index contributed by atoms with van der Waals surface area (Å²) < 4.78 is 0. The second-order valence-corrected chi connectivity index (χ2v) is 4.01. The van der Waals surface area contributed by atoms with E-state index in [9.17, 15) is 4.79 Å². The number of carbonyl (C=O) groups excluding carboxylic acids is 1. The number of benzene rings is 1. The van der Waals surface area contributed by atoms with Crippen molar-refractivity contribution in [1.82, 2.24) is 4.90 Å². The van der Waals surface area contributed by atoms with Gasteiger partial charge in [0, 0.05) is 13.1 Å². The molecular weight excluding hydrogens is 224 g/mol. The SMILES string of the molecule is CC(CC#N)N(C)C(=O)c1ccccc1Cl. The summed E-state index contributed by atoms with van der Waals surface area (Å²) in [5.41, 5.74) is 0.469. The highest BCUT2D eigenvalue weighted by Gasteiger charge is 2.18. The maximum Gasteiger partial charge on any atom is 0.255 e. The Morgan fingerprint density at radius 2 is 2.19 bits per heavy atom. The molecule has 0 bridgehead atoms. The van der Waals surface area contributed by atoms with E-state index in [2.05, 4.69) is 0 Å². The van der Waals surface area contributed by atoms with E-state index in [1.807, 2.05) is 13.0 Å². The molecule has 1 aromatic rings. The maximum absolute atomic E-state index is 12.0. The fraction of sp³-hybridized carbons (Fsp3) is 0.333. The van der Waals surface area contributed by atoms with E-state index >= 15 is 0 Å². The van der Waals surface area contributed by atoms with Gasteiger partial charge in [0.15, 0.2) is 0 Å². The zero-order valence-corrected chi connectivity index (χ0v) is 10.0. The molecule has 1 aromatic carbocycles. The van der Waals surface area contributed by atoms with Crippen molar-refractivity contribution in [3.05, 3.63) is 34.9 Å². The monoisotopic (exact) mass is 236 g/mol. The molecule has 1 atom stereocenters. The van der Waals surface area contributed by atoms with E-state index < -0.39 is 0 Å². The Morgan fingerprint density at radius 1 is 1.56 bits per heavy atom. The Kier molecular flexibility index (Phi) is 4.33. The summed E-state index contributed by atoms with van der Waals surface area (Å²) in [6.07, 6.45) is 0.312. The van der Waals surface area contributed by atoms with Gasteiger partial charge in [0.2, 0.25) is 0 Å². The van der Waals surface area contributed by atoms with Crippen LogP contribution in [0.3, 0.4) is 0 Å². The molecule has 0 aliphatic heterocycles. The second-order valence-electron chi connectivity index (χ2n) is 3.61. The lowest BCUT2D eigenvalue weighted by Crippen LogP contribution is -2.34. The summed E-state index contributed by atoms with van der Waals surface area (Å²) in [4.78, 5) is 13.5. The number of halogens is 1. The zero-order valence-electron chi connectivity index (χ0n) is 9.27. The van der Waals surface area contributed by atoms with E-state index in [1.54, 1.807) is 31.3 Å². The lowest BCUT2D eigenvalue weighted by molar-refractivity contribution is 0.0746. The maximum atomic E-state index is 12.0. The molecule has 0 spiro atoms. The van der Waals surface area contributed by atoms with Crippen LogP contribution < -0.4 is 0 Å².